The lowest BCUT2D eigenvalue weighted by Gasteiger charge is -2.03. The summed E-state index contributed by atoms with van der Waals surface area (Å²) in [6.07, 6.45) is 0. The van der Waals surface area contributed by atoms with Crippen molar-refractivity contribution in [3.63, 3.8) is 0 Å². The van der Waals surface area contributed by atoms with E-state index in [0.29, 0.717) is 12.3 Å². The minimum Gasteiger partial charge on any atom is -0.451 e. The van der Waals surface area contributed by atoms with Crippen LogP contribution in [0.5, 0.6) is 0 Å². The van der Waals surface area contributed by atoms with E-state index < -0.39 is 0 Å². The lowest BCUT2D eigenvalue weighted by Crippen LogP contribution is -2.22. The maximum absolute atomic E-state index is 12.2. The summed E-state index contributed by atoms with van der Waals surface area (Å²) in [5.74, 6) is 0.109. The molecular formula is C16H17N3O2. The zero-order chi connectivity index (χ0) is 15.0. The van der Waals surface area contributed by atoms with E-state index in [4.69, 9.17) is 4.42 Å². The molecule has 5 heteroatoms. The molecule has 0 spiro atoms. The van der Waals surface area contributed by atoms with Gasteiger partial charge in [0.2, 0.25) is 0 Å². The highest BCUT2D eigenvalue weighted by Gasteiger charge is 2.14. The third-order valence-electron chi connectivity index (χ3n) is 3.61. The number of carbonyl (C=O) groups excluding carboxylic acids is 1. The molecule has 2 heterocycles. The van der Waals surface area contributed by atoms with Gasteiger partial charge in [0.25, 0.3) is 5.91 Å². The third kappa shape index (κ3) is 2.54. The summed E-state index contributed by atoms with van der Waals surface area (Å²) in [5, 5.41) is 10.8. The number of H-pyrrole nitrogens is 1. The molecule has 2 aromatic heterocycles. The average Bonchev–Trinajstić information content (AvgIpc) is 3.00. The first-order chi connectivity index (χ1) is 10.0. The van der Waals surface area contributed by atoms with Crippen LogP contribution in [-0.4, -0.2) is 16.1 Å². The molecule has 2 N–H and O–H groups in total. The quantitative estimate of drug-likeness (QED) is 0.776. The Morgan fingerprint density at radius 1 is 1.29 bits per heavy atom. The number of aromatic nitrogens is 2. The topological polar surface area (TPSA) is 70.9 Å². The van der Waals surface area contributed by atoms with Gasteiger partial charge in [-0.25, -0.2) is 0 Å². The molecule has 21 heavy (non-hydrogen) atoms. The van der Waals surface area contributed by atoms with Crippen molar-refractivity contribution in [3.05, 3.63) is 52.5 Å². The Bertz CT molecular complexity index is 795. The number of fused-ring (bicyclic) bond motifs is 1. The van der Waals surface area contributed by atoms with E-state index in [2.05, 4.69) is 15.5 Å². The number of benzene rings is 1. The number of furan rings is 1. The van der Waals surface area contributed by atoms with Crippen LogP contribution in [-0.2, 0) is 6.54 Å². The Balaban J connectivity index is 1.78. The molecular weight excluding hydrogens is 266 g/mol. The van der Waals surface area contributed by atoms with Gasteiger partial charge in [-0.05, 0) is 38.5 Å². The number of carbonyl (C=O) groups is 1. The number of aromatic amines is 1. The highest BCUT2D eigenvalue weighted by Crippen LogP contribution is 2.20. The summed E-state index contributed by atoms with van der Waals surface area (Å²) in [7, 11) is 0. The number of rotatable bonds is 3. The summed E-state index contributed by atoms with van der Waals surface area (Å²) < 4.78 is 5.61. The van der Waals surface area contributed by atoms with E-state index in [1.165, 1.54) is 0 Å². The van der Waals surface area contributed by atoms with E-state index >= 15 is 0 Å². The van der Waals surface area contributed by atoms with Crippen LogP contribution in [0.4, 0.5) is 0 Å². The fourth-order valence-electron chi connectivity index (χ4n) is 2.34. The predicted molar refractivity (Wildman–Crippen MR) is 80.2 cm³/mol. The summed E-state index contributed by atoms with van der Waals surface area (Å²) in [5.41, 5.74) is 4.71. The second-order valence-corrected chi connectivity index (χ2v) is 5.25. The Morgan fingerprint density at radius 2 is 2.10 bits per heavy atom. The van der Waals surface area contributed by atoms with Gasteiger partial charge >= 0.3 is 0 Å². The van der Waals surface area contributed by atoms with Crippen molar-refractivity contribution in [2.75, 3.05) is 0 Å². The highest BCUT2D eigenvalue weighted by molar-refractivity contribution is 5.96. The largest absolute Gasteiger partial charge is 0.451 e. The van der Waals surface area contributed by atoms with Gasteiger partial charge in [-0.15, -0.1) is 0 Å². The lowest BCUT2D eigenvalue weighted by molar-refractivity contribution is 0.0925. The van der Waals surface area contributed by atoms with Crippen LogP contribution < -0.4 is 5.32 Å². The molecule has 3 aromatic rings. The smallest absolute Gasteiger partial charge is 0.287 e. The zero-order valence-electron chi connectivity index (χ0n) is 12.3. The van der Waals surface area contributed by atoms with Gasteiger partial charge < -0.3 is 9.73 Å². The summed E-state index contributed by atoms with van der Waals surface area (Å²) in [6, 6.07) is 7.64. The van der Waals surface area contributed by atoms with E-state index in [9.17, 15) is 4.79 Å². The third-order valence-corrected chi connectivity index (χ3v) is 3.61. The monoisotopic (exact) mass is 283 g/mol. The van der Waals surface area contributed by atoms with Crippen molar-refractivity contribution in [1.82, 2.24) is 15.5 Å². The van der Waals surface area contributed by atoms with Gasteiger partial charge in [-0.3, -0.25) is 9.89 Å². The van der Waals surface area contributed by atoms with Crippen molar-refractivity contribution in [2.24, 2.45) is 0 Å². The molecule has 1 amide bonds. The van der Waals surface area contributed by atoms with Crippen LogP contribution in [0, 0.1) is 20.8 Å². The van der Waals surface area contributed by atoms with Crippen molar-refractivity contribution in [2.45, 2.75) is 27.3 Å². The molecule has 0 radical (unpaired) electrons. The fraction of sp³-hybridized carbons (Fsp3) is 0.250. The van der Waals surface area contributed by atoms with E-state index in [-0.39, 0.29) is 5.91 Å². The molecule has 0 aliphatic carbocycles. The van der Waals surface area contributed by atoms with Gasteiger partial charge in [0.1, 0.15) is 5.58 Å². The Labute approximate surface area is 122 Å². The summed E-state index contributed by atoms with van der Waals surface area (Å²) in [6.45, 7) is 6.27. The van der Waals surface area contributed by atoms with Crippen LogP contribution in [0.3, 0.4) is 0 Å². The fourth-order valence-corrected chi connectivity index (χ4v) is 2.34. The normalized spacial score (nSPS) is 11.0. The van der Waals surface area contributed by atoms with Gasteiger partial charge in [-0.1, -0.05) is 12.1 Å². The molecule has 0 aliphatic heterocycles. The maximum atomic E-state index is 12.2. The van der Waals surface area contributed by atoms with Gasteiger partial charge in [0, 0.05) is 23.2 Å². The highest BCUT2D eigenvalue weighted by atomic mass is 16.3. The van der Waals surface area contributed by atoms with Crippen LogP contribution in [0.25, 0.3) is 11.0 Å². The molecule has 108 valence electrons. The molecule has 0 bridgehead atoms. The first-order valence-corrected chi connectivity index (χ1v) is 6.83. The number of hydrogen-bond acceptors (Lipinski definition) is 3. The molecule has 0 saturated carbocycles. The van der Waals surface area contributed by atoms with E-state index in [0.717, 1.165) is 33.5 Å². The Morgan fingerprint density at radius 3 is 2.81 bits per heavy atom. The number of amides is 1. The van der Waals surface area contributed by atoms with Crippen molar-refractivity contribution < 1.29 is 9.21 Å². The molecule has 0 unspecified atom stereocenters. The minimum absolute atomic E-state index is 0.219. The standard InChI is InChI=1S/C16H17N3O2/c1-9-4-5-12-7-15(21-14(12)6-9)16(20)17-8-13-10(2)18-19-11(13)3/h4-7H,8H2,1-3H3,(H,17,20)(H,18,19). The van der Waals surface area contributed by atoms with Crippen LogP contribution in [0.15, 0.2) is 28.7 Å². The molecule has 5 nitrogen and oxygen atoms in total. The van der Waals surface area contributed by atoms with Gasteiger partial charge in [-0.2, -0.15) is 5.10 Å². The van der Waals surface area contributed by atoms with Crippen LogP contribution in [0.1, 0.15) is 33.1 Å². The first-order valence-electron chi connectivity index (χ1n) is 6.83. The first kappa shape index (κ1) is 13.4. The second kappa shape index (κ2) is 5.09. The van der Waals surface area contributed by atoms with E-state index in [1.54, 1.807) is 6.07 Å². The summed E-state index contributed by atoms with van der Waals surface area (Å²) in [4.78, 5) is 12.2. The number of nitrogens with zero attached hydrogens (tertiary/aromatic N) is 1. The lowest BCUT2D eigenvalue weighted by atomic mass is 10.2. The SMILES string of the molecule is Cc1ccc2cc(C(=O)NCc3c(C)n[nH]c3C)oc2c1. The second-order valence-electron chi connectivity index (χ2n) is 5.25. The molecule has 0 fully saturated rings. The zero-order valence-corrected chi connectivity index (χ0v) is 12.3. The molecule has 0 atom stereocenters. The molecule has 3 rings (SSSR count). The maximum Gasteiger partial charge on any atom is 0.287 e. The van der Waals surface area contributed by atoms with Crippen molar-refractivity contribution >= 4 is 16.9 Å². The number of nitrogens with one attached hydrogen (secondary N) is 2. The average molecular weight is 283 g/mol. The molecule has 0 aliphatic rings. The van der Waals surface area contributed by atoms with Crippen molar-refractivity contribution in [3.8, 4) is 0 Å². The van der Waals surface area contributed by atoms with Crippen LogP contribution in [0.2, 0.25) is 0 Å². The number of hydrogen-bond donors (Lipinski definition) is 2. The van der Waals surface area contributed by atoms with Gasteiger partial charge in [0.05, 0.1) is 5.69 Å². The summed E-state index contributed by atoms with van der Waals surface area (Å²) >= 11 is 0. The Kier molecular flexibility index (Phi) is 3.25. The van der Waals surface area contributed by atoms with Gasteiger partial charge in [0.15, 0.2) is 5.76 Å². The minimum atomic E-state index is -0.219. The molecule has 0 saturated heterocycles. The molecule has 1 aromatic carbocycles. The van der Waals surface area contributed by atoms with Crippen LogP contribution >= 0.6 is 0 Å². The Hall–Kier alpha value is -2.56. The number of aryl methyl sites for hydroxylation is 3. The van der Waals surface area contributed by atoms with E-state index in [1.807, 2.05) is 39.0 Å². The van der Waals surface area contributed by atoms with Crippen molar-refractivity contribution in [1.29, 1.82) is 0 Å². The predicted octanol–water partition coefficient (Wildman–Crippen LogP) is 3.01.